The molecule has 1 aliphatic heterocycles. The summed E-state index contributed by atoms with van der Waals surface area (Å²) in [5.41, 5.74) is 5.75. The predicted molar refractivity (Wildman–Crippen MR) is 67.1 cm³/mol. The van der Waals surface area contributed by atoms with Crippen LogP contribution in [0.4, 0.5) is 0 Å². The van der Waals surface area contributed by atoms with Gasteiger partial charge in [-0.2, -0.15) is 0 Å². The van der Waals surface area contributed by atoms with Crippen LogP contribution >= 0.6 is 0 Å². The van der Waals surface area contributed by atoms with E-state index in [1.807, 2.05) is 0 Å². The maximum absolute atomic E-state index is 11.3. The average Bonchev–Trinajstić information content (AvgIpc) is 2.19. The summed E-state index contributed by atoms with van der Waals surface area (Å²) in [7, 11) is -2.75. The van der Waals surface area contributed by atoms with Crippen LogP contribution in [0.15, 0.2) is 0 Å². The van der Waals surface area contributed by atoms with Crippen LogP contribution in [0.2, 0.25) is 0 Å². The van der Waals surface area contributed by atoms with Gasteiger partial charge in [-0.3, -0.25) is 0 Å². The SMILES string of the molecule is CC(C)CC(CN)CN1CCS(=O)(=O)CC1. The summed E-state index contributed by atoms with van der Waals surface area (Å²) in [5, 5.41) is 0. The lowest BCUT2D eigenvalue weighted by Crippen LogP contribution is -2.43. The number of hydrogen-bond donors (Lipinski definition) is 1. The number of hydrogen-bond acceptors (Lipinski definition) is 4. The number of rotatable bonds is 5. The molecule has 0 bridgehead atoms. The van der Waals surface area contributed by atoms with Crippen molar-refractivity contribution in [2.45, 2.75) is 20.3 Å². The molecule has 0 aliphatic carbocycles. The monoisotopic (exact) mass is 248 g/mol. The predicted octanol–water partition coefficient (Wildman–Crippen LogP) is 0.338. The molecule has 0 radical (unpaired) electrons. The molecular weight excluding hydrogens is 224 g/mol. The van der Waals surface area contributed by atoms with Crippen molar-refractivity contribution in [1.29, 1.82) is 0 Å². The van der Waals surface area contributed by atoms with Gasteiger partial charge in [0.05, 0.1) is 11.5 Å². The van der Waals surface area contributed by atoms with Crippen molar-refractivity contribution in [3.63, 3.8) is 0 Å². The van der Waals surface area contributed by atoms with Crippen LogP contribution < -0.4 is 5.73 Å². The van der Waals surface area contributed by atoms with E-state index in [-0.39, 0.29) is 0 Å². The fourth-order valence-corrected chi connectivity index (χ4v) is 3.49. The number of nitrogens with two attached hydrogens (primary N) is 1. The minimum Gasteiger partial charge on any atom is -0.330 e. The van der Waals surface area contributed by atoms with E-state index in [2.05, 4.69) is 18.7 Å². The van der Waals surface area contributed by atoms with Crippen molar-refractivity contribution < 1.29 is 8.42 Å². The standard InChI is InChI=1S/C11H24N2O2S/c1-10(2)7-11(8-12)9-13-3-5-16(14,15)6-4-13/h10-11H,3-9,12H2,1-2H3. The quantitative estimate of drug-likeness (QED) is 0.762. The zero-order valence-electron chi connectivity index (χ0n) is 10.4. The summed E-state index contributed by atoms with van der Waals surface area (Å²) in [4.78, 5) is 2.24. The first kappa shape index (κ1) is 13.9. The lowest BCUT2D eigenvalue weighted by Gasteiger charge is -2.30. The first-order valence-corrected chi connectivity index (χ1v) is 7.88. The Morgan fingerprint density at radius 1 is 1.25 bits per heavy atom. The Morgan fingerprint density at radius 3 is 2.25 bits per heavy atom. The summed E-state index contributed by atoms with van der Waals surface area (Å²) in [5.74, 6) is 1.78. The second-order valence-electron chi connectivity index (χ2n) is 5.18. The number of sulfone groups is 1. The first-order valence-electron chi connectivity index (χ1n) is 6.06. The molecule has 16 heavy (non-hydrogen) atoms. The van der Waals surface area contributed by atoms with Gasteiger partial charge in [0.25, 0.3) is 0 Å². The third kappa shape index (κ3) is 4.80. The maximum atomic E-state index is 11.3. The first-order chi connectivity index (χ1) is 7.43. The molecule has 1 aliphatic rings. The van der Waals surface area contributed by atoms with Gasteiger partial charge in [0.2, 0.25) is 0 Å². The fourth-order valence-electron chi connectivity index (χ4n) is 2.21. The molecule has 1 fully saturated rings. The summed E-state index contributed by atoms with van der Waals surface area (Å²) in [6.07, 6.45) is 1.12. The molecule has 2 N–H and O–H groups in total. The van der Waals surface area contributed by atoms with Gasteiger partial charge >= 0.3 is 0 Å². The van der Waals surface area contributed by atoms with Crippen LogP contribution in [-0.2, 0) is 9.84 Å². The third-order valence-corrected chi connectivity index (χ3v) is 4.70. The summed E-state index contributed by atoms with van der Waals surface area (Å²) < 4.78 is 22.6. The Morgan fingerprint density at radius 2 is 1.81 bits per heavy atom. The van der Waals surface area contributed by atoms with Crippen molar-refractivity contribution in [2.24, 2.45) is 17.6 Å². The molecule has 5 heteroatoms. The zero-order valence-corrected chi connectivity index (χ0v) is 11.2. The highest BCUT2D eigenvalue weighted by Gasteiger charge is 2.23. The molecule has 0 saturated carbocycles. The van der Waals surface area contributed by atoms with Gasteiger partial charge < -0.3 is 10.6 Å². The molecule has 0 aromatic heterocycles. The molecule has 1 atom stereocenters. The van der Waals surface area contributed by atoms with Gasteiger partial charge in [0.15, 0.2) is 9.84 Å². The smallest absolute Gasteiger partial charge is 0.152 e. The Labute approximate surface area is 99.1 Å². The van der Waals surface area contributed by atoms with E-state index in [9.17, 15) is 8.42 Å². The highest BCUT2D eigenvalue weighted by atomic mass is 32.2. The minimum atomic E-state index is -2.75. The van der Waals surface area contributed by atoms with Crippen molar-refractivity contribution in [1.82, 2.24) is 4.90 Å². The van der Waals surface area contributed by atoms with E-state index in [1.54, 1.807) is 0 Å². The average molecular weight is 248 g/mol. The summed E-state index contributed by atoms with van der Waals surface area (Å²) in [6.45, 7) is 7.39. The van der Waals surface area contributed by atoms with E-state index >= 15 is 0 Å². The molecule has 0 aromatic rings. The Bertz CT molecular complexity index is 287. The van der Waals surface area contributed by atoms with E-state index in [0.717, 1.165) is 13.0 Å². The fraction of sp³-hybridized carbons (Fsp3) is 1.00. The third-order valence-electron chi connectivity index (χ3n) is 3.09. The van der Waals surface area contributed by atoms with Crippen LogP contribution in [0.5, 0.6) is 0 Å². The van der Waals surface area contributed by atoms with Crippen molar-refractivity contribution in [2.75, 3.05) is 37.7 Å². The molecule has 1 rings (SSSR count). The molecule has 1 heterocycles. The molecule has 0 spiro atoms. The molecule has 0 aromatic carbocycles. The molecule has 4 nitrogen and oxygen atoms in total. The Balaban J connectivity index is 2.37. The van der Waals surface area contributed by atoms with Crippen LogP contribution in [0.1, 0.15) is 20.3 Å². The van der Waals surface area contributed by atoms with Gasteiger partial charge in [-0.15, -0.1) is 0 Å². The largest absolute Gasteiger partial charge is 0.330 e. The molecule has 1 unspecified atom stereocenters. The van der Waals surface area contributed by atoms with Crippen LogP contribution in [0.25, 0.3) is 0 Å². The van der Waals surface area contributed by atoms with Crippen molar-refractivity contribution in [3.8, 4) is 0 Å². The maximum Gasteiger partial charge on any atom is 0.152 e. The summed E-state index contributed by atoms with van der Waals surface area (Å²) >= 11 is 0. The molecular formula is C11H24N2O2S. The van der Waals surface area contributed by atoms with Crippen LogP contribution in [0, 0.1) is 11.8 Å². The van der Waals surface area contributed by atoms with Crippen LogP contribution in [0.3, 0.4) is 0 Å². The second kappa shape index (κ2) is 5.98. The van der Waals surface area contributed by atoms with E-state index < -0.39 is 9.84 Å². The van der Waals surface area contributed by atoms with Crippen molar-refractivity contribution in [3.05, 3.63) is 0 Å². The van der Waals surface area contributed by atoms with Gasteiger partial charge in [0, 0.05) is 19.6 Å². The van der Waals surface area contributed by atoms with Gasteiger partial charge in [0.1, 0.15) is 0 Å². The lowest BCUT2D eigenvalue weighted by molar-refractivity contribution is 0.231. The van der Waals surface area contributed by atoms with Gasteiger partial charge in [-0.05, 0) is 24.8 Å². The number of nitrogens with zero attached hydrogens (tertiary/aromatic N) is 1. The normalized spacial score (nSPS) is 23.5. The minimum absolute atomic E-state index is 0.311. The van der Waals surface area contributed by atoms with E-state index in [0.29, 0.717) is 43.0 Å². The van der Waals surface area contributed by atoms with Crippen LogP contribution in [-0.4, -0.2) is 51.0 Å². The Kier molecular flexibility index (Phi) is 5.21. The molecule has 0 amide bonds. The van der Waals surface area contributed by atoms with Gasteiger partial charge in [-0.1, -0.05) is 13.8 Å². The molecule has 1 saturated heterocycles. The van der Waals surface area contributed by atoms with Crippen molar-refractivity contribution >= 4 is 9.84 Å². The summed E-state index contributed by atoms with van der Waals surface area (Å²) in [6, 6.07) is 0. The van der Waals surface area contributed by atoms with E-state index in [1.165, 1.54) is 0 Å². The van der Waals surface area contributed by atoms with E-state index in [4.69, 9.17) is 5.73 Å². The topological polar surface area (TPSA) is 63.4 Å². The Hall–Kier alpha value is -0.130. The second-order valence-corrected chi connectivity index (χ2v) is 7.49. The molecule has 96 valence electrons. The lowest BCUT2D eigenvalue weighted by atomic mass is 9.96. The highest BCUT2D eigenvalue weighted by Crippen LogP contribution is 2.14. The zero-order chi connectivity index (χ0) is 12.2. The highest BCUT2D eigenvalue weighted by molar-refractivity contribution is 7.91. The van der Waals surface area contributed by atoms with Gasteiger partial charge in [-0.25, -0.2) is 8.42 Å².